The SMILES string of the molecule is Cc1c(C)c2c(c(C)c1OCCCCCC(=O)O)CCC(C)(CCCC(C)CCCC(C)C)O2. The molecule has 0 saturated heterocycles. The fraction of sp³-hybridized carbons (Fsp3) is 0.767. The lowest BCUT2D eigenvalue weighted by Crippen LogP contribution is -2.37. The Bertz CT molecular complexity index is 798. The molecular formula is C30H50O4. The van der Waals surface area contributed by atoms with Crippen LogP contribution in [0.15, 0.2) is 0 Å². The van der Waals surface area contributed by atoms with Crippen molar-refractivity contribution in [1.29, 1.82) is 0 Å². The lowest BCUT2D eigenvalue weighted by Gasteiger charge is -2.38. The van der Waals surface area contributed by atoms with Gasteiger partial charge in [-0.15, -0.1) is 0 Å². The fourth-order valence-corrected chi connectivity index (χ4v) is 5.25. The second-order valence-corrected chi connectivity index (χ2v) is 11.4. The molecule has 1 heterocycles. The van der Waals surface area contributed by atoms with Crippen LogP contribution in [0.5, 0.6) is 11.5 Å². The topological polar surface area (TPSA) is 55.8 Å². The highest BCUT2D eigenvalue weighted by molar-refractivity contribution is 5.66. The number of carbonyl (C=O) groups is 1. The molecule has 1 aliphatic rings. The first kappa shape index (κ1) is 28.5. The molecule has 2 atom stereocenters. The third-order valence-electron chi connectivity index (χ3n) is 7.73. The molecule has 2 unspecified atom stereocenters. The van der Waals surface area contributed by atoms with Gasteiger partial charge in [-0.1, -0.05) is 46.5 Å². The summed E-state index contributed by atoms with van der Waals surface area (Å²) in [6.07, 6.45) is 12.5. The largest absolute Gasteiger partial charge is 0.493 e. The number of ether oxygens (including phenoxy) is 2. The lowest BCUT2D eigenvalue weighted by molar-refractivity contribution is -0.137. The second-order valence-electron chi connectivity index (χ2n) is 11.4. The highest BCUT2D eigenvalue weighted by Gasteiger charge is 2.34. The van der Waals surface area contributed by atoms with Crippen LogP contribution in [0, 0.1) is 32.6 Å². The monoisotopic (exact) mass is 474 g/mol. The normalized spacial score (nSPS) is 18.5. The van der Waals surface area contributed by atoms with E-state index in [1.807, 2.05) is 0 Å². The lowest BCUT2D eigenvalue weighted by atomic mass is 9.84. The van der Waals surface area contributed by atoms with Crippen molar-refractivity contribution in [3.8, 4) is 11.5 Å². The van der Waals surface area contributed by atoms with Gasteiger partial charge in [-0.3, -0.25) is 4.79 Å². The first-order valence-corrected chi connectivity index (χ1v) is 13.7. The van der Waals surface area contributed by atoms with Gasteiger partial charge in [-0.2, -0.15) is 0 Å². The summed E-state index contributed by atoms with van der Waals surface area (Å²) >= 11 is 0. The summed E-state index contributed by atoms with van der Waals surface area (Å²) < 4.78 is 12.9. The Balaban J connectivity index is 1.92. The van der Waals surface area contributed by atoms with Gasteiger partial charge in [-0.25, -0.2) is 0 Å². The summed E-state index contributed by atoms with van der Waals surface area (Å²) in [5, 5.41) is 8.78. The molecule has 0 spiro atoms. The summed E-state index contributed by atoms with van der Waals surface area (Å²) in [4.78, 5) is 10.7. The van der Waals surface area contributed by atoms with Crippen molar-refractivity contribution in [1.82, 2.24) is 0 Å². The smallest absolute Gasteiger partial charge is 0.303 e. The van der Waals surface area contributed by atoms with Gasteiger partial charge in [0, 0.05) is 12.0 Å². The number of rotatable bonds is 15. The zero-order valence-corrected chi connectivity index (χ0v) is 23.0. The summed E-state index contributed by atoms with van der Waals surface area (Å²) in [6, 6.07) is 0. The highest BCUT2D eigenvalue weighted by Crippen LogP contribution is 2.45. The average Bonchev–Trinajstić information content (AvgIpc) is 2.76. The van der Waals surface area contributed by atoms with Gasteiger partial charge in [0.1, 0.15) is 17.1 Å². The second kappa shape index (κ2) is 13.4. The van der Waals surface area contributed by atoms with E-state index in [9.17, 15) is 4.79 Å². The van der Waals surface area contributed by atoms with Crippen LogP contribution in [0.4, 0.5) is 0 Å². The molecule has 0 saturated carbocycles. The molecule has 0 aliphatic carbocycles. The number of carboxylic acid groups (broad SMARTS) is 1. The van der Waals surface area contributed by atoms with Gasteiger partial charge >= 0.3 is 5.97 Å². The third kappa shape index (κ3) is 8.50. The molecule has 1 aromatic carbocycles. The quantitative estimate of drug-likeness (QED) is 0.259. The molecule has 1 N–H and O–H groups in total. The van der Waals surface area contributed by atoms with E-state index < -0.39 is 5.97 Å². The van der Waals surface area contributed by atoms with Crippen molar-refractivity contribution in [2.75, 3.05) is 6.61 Å². The maximum atomic E-state index is 10.7. The predicted octanol–water partition coefficient (Wildman–Crippen LogP) is 8.35. The maximum Gasteiger partial charge on any atom is 0.303 e. The Morgan fingerprint density at radius 3 is 2.35 bits per heavy atom. The van der Waals surface area contributed by atoms with Gasteiger partial charge in [0.2, 0.25) is 0 Å². The van der Waals surface area contributed by atoms with Crippen LogP contribution in [-0.4, -0.2) is 23.3 Å². The highest BCUT2D eigenvalue weighted by atomic mass is 16.5. The van der Waals surface area contributed by atoms with Crippen molar-refractivity contribution in [3.63, 3.8) is 0 Å². The number of hydrogen-bond acceptors (Lipinski definition) is 3. The van der Waals surface area contributed by atoms with E-state index in [0.717, 1.165) is 55.4 Å². The van der Waals surface area contributed by atoms with Gasteiger partial charge in [-0.05, 0) is 101 Å². The number of aliphatic carboxylic acids is 1. The average molecular weight is 475 g/mol. The molecule has 194 valence electrons. The van der Waals surface area contributed by atoms with Crippen LogP contribution in [0.25, 0.3) is 0 Å². The summed E-state index contributed by atoms with van der Waals surface area (Å²) in [5.74, 6) is 2.97. The van der Waals surface area contributed by atoms with Gasteiger partial charge < -0.3 is 14.6 Å². The Labute approximate surface area is 208 Å². The molecule has 4 heteroatoms. The van der Waals surface area contributed by atoms with Crippen molar-refractivity contribution >= 4 is 5.97 Å². The summed E-state index contributed by atoms with van der Waals surface area (Å²) in [6.45, 7) is 16.4. The maximum absolute atomic E-state index is 10.7. The minimum Gasteiger partial charge on any atom is -0.493 e. The molecule has 2 rings (SSSR count). The fourth-order valence-electron chi connectivity index (χ4n) is 5.25. The number of benzene rings is 1. The van der Waals surface area contributed by atoms with Gasteiger partial charge in [0.25, 0.3) is 0 Å². The Morgan fingerprint density at radius 1 is 0.971 bits per heavy atom. The molecule has 0 fully saturated rings. The minimum absolute atomic E-state index is 0.0825. The summed E-state index contributed by atoms with van der Waals surface area (Å²) in [7, 11) is 0. The Hall–Kier alpha value is -1.71. The van der Waals surface area contributed by atoms with Crippen LogP contribution >= 0.6 is 0 Å². The molecular weight excluding hydrogens is 424 g/mol. The van der Waals surface area contributed by atoms with E-state index >= 15 is 0 Å². The van der Waals surface area contributed by atoms with Crippen molar-refractivity contribution in [2.45, 2.75) is 131 Å². The van der Waals surface area contributed by atoms with Gasteiger partial charge in [0.05, 0.1) is 6.61 Å². The standard InChI is InChI=1S/C30H50O4/c1-21(2)13-11-14-22(3)15-12-18-30(7)19-17-26-25(6)28(23(4)24(5)29(26)34-30)33-20-10-8-9-16-27(31)32/h21-22H,8-20H2,1-7H3,(H,31,32). The molecule has 0 aromatic heterocycles. The first-order valence-electron chi connectivity index (χ1n) is 13.7. The number of fused-ring (bicyclic) bond motifs is 1. The first-order chi connectivity index (χ1) is 16.0. The predicted molar refractivity (Wildman–Crippen MR) is 141 cm³/mol. The van der Waals surface area contributed by atoms with E-state index in [1.165, 1.54) is 54.4 Å². The Kier molecular flexibility index (Phi) is 11.2. The molecule has 0 bridgehead atoms. The zero-order valence-electron chi connectivity index (χ0n) is 23.0. The van der Waals surface area contributed by atoms with E-state index in [1.54, 1.807) is 0 Å². The number of carboxylic acids is 1. The van der Waals surface area contributed by atoms with Crippen molar-refractivity contribution in [2.24, 2.45) is 11.8 Å². The van der Waals surface area contributed by atoms with E-state index in [4.69, 9.17) is 14.6 Å². The summed E-state index contributed by atoms with van der Waals surface area (Å²) in [5.41, 5.74) is 4.81. The van der Waals surface area contributed by atoms with Crippen LogP contribution in [0.1, 0.15) is 121 Å². The minimum atomic E-state index is -0.721. The van der Waals surface area contributed by atoms with E-state index in [2.05, 4.69) is 48.5 Å². The zero-order chi connectivity index (χ0) is 25.3. The van der Waals surface area contributed by atoms with Crippen LogP contribution in [0.3, 0.4) is 0 Å². The molecule has 0 amide bonds. The Morgan fingerprint density at radius 2 is 1.68 bits per heavy atom. The molecule has 0 radical (unpaired) electrons. The molecule has 4 nitrogen and oxygen atoms in total. The molecule has 1 aliphatic heterocycles. The van der Waals surface area contributed by atoms with Crippen LogP contribution in [0.2, 0.25) is 0 Å². The van der Waals surface area contributed by atoms with E-state index in [0.29, 0.717) is 13.0 Å². The molecule has 1 aromatic rings. The van der Waals surface area contributed by atoms with E-state index in [-0.39, 0.29) is 12.0 Å². The third-order valence-corrected chi connectivity index (χ3v) is 7.73. The van der Waals surface area contributed by atoms with Crippen LogP contribution < -0.4 is 9.47 Å². The molecule has 34 heavy (non-hydrogen) atoms. The number of unbranched alkanes of at least 4 members (excludes halogenated alkanes) is 2. The van der Waals surface area contributed by atoms with Crippen molar-refractivity contribution in [3.05, 3.63) is 22.3 Å². The van der Waals surface area contributed by atoms with Crippen LogP contribution in [-0.2, 0) is 11.2 Å². The van der Waals surface area contributed by atoms with Crippen molar-refractivity contribution < 1.29 is 19.4 Å². The van der Waals surface area contributed by atoms with Gasteiger partial charge in [0.15, 0.2) is 0 Å². The number of hydrogen-bond donors (Lipinski definition) is 1.